The van der Waals surface area contributed by atoms with E-state index in [0.29, 0.717) is 12.2 Å². The van der Waals surface area contributed by atoms with Crippen molar-refractivity contribution < 1.29 is 19.1 Å². The SMILES string of the molecule is CC(CC(=O)O)C(=O)N[C@@H]1CCN(c2cccc(-c3cnc4ccc(N5CCC[C@@H]5c5cccc(F)c5)nn34)n2)C1. The molecule has 6 rings (SSSR count). The Balaban J connectivity index is 1.21. The van der Waals surface area contributed by atoms with Gasteiger partial charge in [-0.3, -0.25) is 9.59 Å². The van der Waals surface area contributed by atoms with Gasteiger partial charge in [0.2, 0.25) is 5.91 Å². The molecule has 0 saturated carbocycles. The van der Waals surface area contributed by atoms with Crippen molar-refractivity contribution in [3.8, 4) is 11.4 Å². The second-order valence-electron chi connectivity index (χ2n) is 10.8. The molecular weight excluding hydrogens is 525 g/mol. The normalized spacial score (nSPS) is 19.6. The average molecular weight is 558 g/mol. The summed E-state index contributed by atoms with van der Waals surface area (Å²) in [6, 6.07) is 16.5. The molecule has 0 aliphatic carbocycles. The quantitative estimate of drug-likeness (QED) is 0.333. The Hall–Kier alpha value is -4.54. The Bertz CT molecular complexity index is 1590. The highest BCUT2D eigenvalue weighted by Gasteiger charge is 2.29. The Morgan fingerprint density at radius 2 is 1.95 bits per heavy atom. The number of carboxylic acid groups (broad SMARTS) is 1. The van der Waals surface area contributed by atoms with Crippen LogP contribution in [0.1, 0.15) is 44.2 Å². The first-order valence-electron chi connectivity index (χ1n) is 14.0. The molecule has 2 N–H and O–H groups in total. The van der Waals surface area contributed by atoms with Crippen LogP contribution in [0.3, 0.4) is 0 Å². The van der Waals surface area contributed by atoms with Crippen LogP contribution in [0, 0.1) is 11.7 Å². The lowest BCUT2D eigenvalue weighted by Gasteiger charge is -2.26. The van der Waals surface area contributed by atoms with Crippen molar-refractivity contribution >= 4 is 29.2 Å². The monoisotopic (exact) mass is 557 g/mol. The number of rotatable bonds is 8. The number of carboxylic acids is 1. The van der Waals surface area contributed by atoms with Gasteiger partial charge in [-0.05, 0) is 61.2 Å². The molecule has 2 saturated heterocycles. The number of nitrogens with one attached hydrogen (secondary N) is 1. The molecular formula is C30H32FN7O3. The number of carbonyl (C=O) groups is 2. The lowest BCUT2D eigenvalue weighted by Crippen LogP contribution is -2.40. The van der Waals surface area contributed by atoms with Gasteiger partial charge in [-0.15, -0.1) is 5.10 Å². The lowest BCUT2D eigenvalue weighted by molar-refractivity contribution is -0.140. The van der Waals surface area contributed by atoms with Gasteiger partial charge in [-0.1, -0.05) is 25.1 Å². The Morgan fingerprint density at radius 1 is 1.10 bits per heavy atom. The third kappa shape index (κ3) is 5.57. The summed E-state index contributed by atoms with van der Waals surface area (Å²) in [6.07, 6.45) is 4.25. The van der Waals surface area contributed by atoms with Crippen molar-refractivity contribution in [3.05, 3.63) is 72.2 Å². The molecule has 212 valence electrons. The van der Waals surface area contributed by atoms with Crippen molar-refractivity contribution in [2.75, 3.05) is 29.4 Å². The summed E-state index contributed by atoms with van der Waals surface area (Å²) in [5, 5.41) is 16.9. The summed E-state index contributed by atoms with van der Waals surface area (Å²) in [4.78, 5) is 37.2. The predicted molar refractivity (Wildman–Crippen MR) is 152 cm³/mol. The summed E-state index contributed by atoms with van der Waals surface area (Å²) in [6.45, 7) is 3.77. The molecule has 5 heterocycles. The standard InChI is InChI=1S/C30H32FN7O3/c1-19(15-29(39)40)30(41)33-22-12-14-36(18-22)27-9-3-7-23(34-27)25-17-32-26-10-11-28(35-38(25)26)37-13-4-8-24(37)20-5-2-6-21(31)16-20/h2-3,5-7,9-11,16-17,19,22,24H,4,8,12-15,18H2,1H3,(H,33,41)(H,39,40)/t19?,22-,24-/m1/s1. The maximum atomic E-state index is 14.0. The molecule has 4 aromatic rings. The van der Waals surface area contributed by atoms with Crippen LogP contribution in [-0.4, -0.2) is 62.2 Å². The number of pyridine rings is 1. The fourth-order valence-corrected chi connectivity index (χ4v) is 5.82. The number of aromatic nitrogens is 4. The minimum absolute atomic E-state index is 0.0554. The van der Waals surface area contributed by atoms with E-state index in [9.17, 15) is 14.0 Å². The highest BCUT2D eigenvalue weighted by atomic mass is 19.1. The van der Waals surface area contributed by atoms with E-state index in [1.54, 1.807) is 29.8 Å². The number of nitrogens with zero attached hydrogens (tertiary/aromatic N) is 6. The van der Waals surface area contributed by atoms with Gasteiger partial charge in [0.05, 0.1) is 24.4 Å². The molecule has 10 nitrogen and oxygen atoms in total. The summed E-state index contributed by atoms with van der Waals surface area (Å²) in [5.41, 5.74) is 3.14. The van der Waals surface area contributed by atoms with E-state index in [4.69, 9.17) is 15.2 Å². The first-order chi connectivity index (χ1) is 19.9. The van der Waals surface area contributed by atoms with E-state index in [0.717, 1.165) is 60.9 Å². The average Bonchev–Trinajstić information content (AvgIpc) is 3.72. The molecule has 2 aliphatic heterocycles. The number of hydrogen-bond acceptors (Lipinski definition) is 7. The minimum Gasteiger partial charge on any atom is -0.481 e. The van der Waals surface area contributed by atoms with E-state index in [1.165, 1.54) is 6.07 Å². The van der Waals surface area contributed by atoms with Crippen molar-refractivity contribution in [2.45, 2.75) is 44.7 Å². The van der Waals surface area contributed by atoms with Gasteiger partial charge in [0.1, 0.15) is 23.1 Å². The van der Waals surface area contributed by atoms with Crippen molar-refractivity contribution in [1.29, 1.82) is 0 Å². The van der Waals surface area contributed by atoms with Crippen LogP contribution in [0.2, 0.25) is 0 Å². The van der Waals surface area contributed by atoms with E-state index in [1.807, 2.05) is 36.4 Å². The van der Waals surface area contributed by atoms with Gasteiger partial charge < -0.3 is 20.2 Å². The van der Waals surface area contributed by atoms with E-state index < -0.39 is 11.9 Å². The number of halogens is 1. The van der Waals surface area contributed by atoms with Crippen molar-refractivity contribution in [1.82, 2.24) is 24.9 Å². The third-order valence-corrected chi connectivity index (χ3v) is 7.91. The first kappa shape index (κ1) is 26.7. The zero-order valence-corrected chi connectivity index (χ0v) is 22.8. The number of aliphatic carboxylic acids is 1. The molecule has 2 fully saturated rings. The molecule has 1 unspecified atom stereocenters. The third-order valence-electron chi connectivity index (χ3n) is 7.91. The Morgan fingerprint density at radius 3 is 2.78 bits per heavy atom. The maximum absolute atomic E-state index is 14.0. The van der Waals surface area contributed by atoms with Gasteiger partial charge >= 0.3 is 5.97 Å². The smallest absolute Gasteiger partial charge is 0.304 e. The highest BCUT2D eigenvalue weighted by Crippen LogP contribution is 2.36. The number of carbonyl (C=O) groups excluding carboxylic acids is 1. The minimum atomic E-state index is -0.984. The van der Waals surface area contributed by atoms with Crippen LogP contribution in [0.25, 0.3) is 17.0 Å². The number of fused-ring (bicyclic) bond motifs is 1. The zero-order valence-electron chi connectivity index (χ0n) is 22.8. The molecule has 3 aromatic heterocycles. The van der Waals surface area contributed by atoms with Gasteiger partial charge in [0.15, 0.2) is 5.65 Å². The van der Waals surface area contributed by atoms with Gasteiger partial charge in [-0.2, -0.15) is 0 Å². The summed E-state index contributed by atoms with van der Waals surface area (Å²) in [7, 11) is 0. The van der Waals surface area contributed by atoms with Gasteiger partial charge in [0.25, 0.3) is 0 Å². The molecule has 1 amide bonds. The number of anilines is 2. The molecule has 3 atom stereocenters. The van der Waals surface area contributed by atoms with E-state index >= 15 is 0 Å². The maximum Gasteiger partial charge on any atom is 0.304 e. The second kappa shape index (κ2) is 11.1. The van der Waals surface area contributed by atoms with E-state index in [-0.39, 0.29) is 30.2 Å². The molecule has 1 aromatic carbocycles. The largest absolute Gasteiger partial charge is 0.481 e. The van der Waals surface area contributed by atoms with Crippen LogP contribution in [0.4, 0.5) is 16.0 Å². The Labute approximate surface area is 236 Å². The number of benzene rings is 1. The molecule has 0 radical (unpaired) electrons. The molecule has 2 aliphatic rings. The summed E-state index contributed by atoms with van der Waals surface area (Å²) in [5.74, 6) is -0.460. The predicted octanol–water partition coefficient (Wildman–Crippen LogP) is 4.08. The Kier molecular flexibility index (Phi) is 7.25. The van der Waals surface area contributed by atoms with Gasteiger partial charge in [0, 0.05) is 31.6 Å². The van der Waals surface area contributed by atoms with Crippen LogP contribution in [-0.2, 0) is 9.59 Å². The molecule has 0 bridgehead atoms. The van der Waals surface area contributed by atoms with Crippen molar-refractivity contribution in [3.63, 3.8) is 0 Å². The number of amides is 1. The van der Waals surface area contributed by atoms with Crippen molar-refractivity contribution in [2.24, 2.45) is 5.92 Å². The molecule has 0 spiro atoms. The highest BCUT2D eigenvalue weighted by molar-refractivity contribution is 5.83. The fraction of sp³-hybridized carbons (Fsp3) is 0.367. The summed E-state index contributed by atoms with van der Waals surface area (Å²) < 4.78 is 15.8. The van der Waals surface area contributed by atoms with Gasteiger partial charge in [-0.25, -0.2) is 18.9 Å². The fourth-order valence-electron chi connectivity index (χ4n) is 5.82. The lowest BCUT2D eigenvalue weighted by atomic mass is 10.0. The summed E-state index contributed by atoms with van der Waals surface area (Å²) >= 11 is 0. The topological polar surface area (TPSA) is 116 Å². The van der Waals surface area contributed by atoms with Crippen LogP contribution < -0.4 is 15.1 Å². The molecule has 11 heteroatoms. The van der Waals surface area contributed by atoms with Crippen LogP contribution >= 0.6 is 0 Å². The van der Waals surface area contributed by atoms with Crippen LogP contribution in [0.5, 0.6) is 0 Å². The van der Waals surface area contributed by atoms with E-state index in [2.05, 4.69) is 20.1 Å². The second-order valence-corrected chi connectivity index (χ2v) is 10.8. The first-order valence-corrected chi connectivity index (χ1v) is 14.0. The number of imidazole rings is 1. The molecule has 41 heavy (non-hydrogen) atoms. The number of hydrogen-bond donors (Lipinski definition) is 2. The van der Waals surface area contributed by atoms with Crippen LogP contribution in [0.15, 0.2) is 60.8 Å². The zero-order chi connectivity index (χ0) is 28.5.